The Kier molecular flexibility index (Phi) is 6.21. The van der Waals surface area contributed by atoms with Crippen LogP contribution in [-0.4, -0.2) is 31.7 Å². The third kappa shape index (κ3) is 4.39. The zero-order valence-electron chi connectivity index (χ0n) is 13.9. The lowest BCUT2D eigenvalue weighted by molar-refractivity contribution is 0.102. The van der Waals surface area contributed by atoms with Crippen molar-refractivity contribution in [3.63, 3.8) is 0 Å². The van der Waals surface area contributed by atoms with E-state index in [2.05, 4.69) is 27.9 Å². The molecule has 5 nitrogen and oxygen atoms in total. The summed E-state index contributed by atoms with van der Waals surface area (Å²) in [6, 6.07) is 11.7. The third-order valence-corrected chi connectivity index (χ3v) is 7.33. The fourth-order valence-corrected chi connectivity index (χ4v) is 5.20. The molecule has 1 heterocycles. The molecule has 1 saturated heterocycles. The molecule has 26 heavy (non-hydrogen) atoms. The maximum absolute atomic E-state index is 12.9. The standard InChI is InChI=1S/C18H18ClIN2O3S/c19-16-9-4-13(18(23)21-15-7-5-14(20)6-8-15)12-17(16)26(24,25)22-10-2-1-3-11-22/h4-9,12H,1-3,10-11H2,(H,21,23). The van der Waals surface area contributed by atoms with Gasteiger partial charge in [-0.3, -0.25) is 4.79 Å². The number of hydrogen-bond acceptors (Lipinski definition) is 3. The Bertz CT molecular complexity index is 911. The van der Waals surface area contributed by atoms with Crippen LogP contribution >= 0.6 is 34.2 Å². The van der Waals surface area contributed by atoms with Gasteiger partial charge in [-0.1, -0.05) is 18.0 Å². The minimum absolute atomic E-state index is 0.0173. The summed E-state index contributed by atoms with van der Waals surface area (Å²) in [7, 11) is -3.71. The van der Waals surface area contributed by atoms with Crippen LogP contribution in [0, 0.1) is 3.57 Å². The topological polar surface area (TPSA) is 66.5 Å². The summed E-state index contributed by atoms with van der Waals surface area (Å²) >= 11 is 8.32. The van der Waals surface area contributed by atoms with Crippen molar-refractivity contribution in [3.05, 3.63) is 56.6 Å². The van der Waals surface area contributed by atoms with Crippen LogP contribution in [0.2, 0.25) is 5.02 Å². The Hall–Kier alpha value is -1.16. The summed E-state index contributed by atoms with van der Waals surface area (Å²) in [6.07, 6.45) is 2.70. The molecule has 0 spiro atoms. The fraction of sp³-hybridized carbons (Fsp3) is 0.278. The first-order valence-electron chi connectivity index (χ1n) is 8.24. The van der Waals surface area contributed by atoms with E-state index in [1.807, 2.05) is 12.1 Å². The molecule has 1 N–H and O–H groups in total. The van der Waals surface area contributed by atoms with E-state index in [1.54, 1.807) is 12.1 Å². The lowest BCUT2D eigenvalue weighted by Crippen LogP contribution is -2.35. The first-order chi connectivity index (χ1) is 12.4. The quantitative estimate of drug-likeness (QED) is 0.629. The van der Waals surface area contributed by atoms with Crippen molar-refractivity contribution in [2.75, 3.05) is 18.4 Å². The van der Waals surface area contributed by atoms with Gasteiger partial charge in [-0.05, 0) is 77.9 Å². The second-order valence-corrected chi connectivity index (χ2v) is 9.63. The Balaban J connectivity index is 1.87. The monoisotopic (exact) mass is 504 g/mol. The first kappa shape index (κ1) is 19.6. The molecule has 0 unspecified atom stereocenters. The summed E-state index contributed by atoms with van der Waals surface area (Å²) in [6.45, 7) is 0.968. The Morgan fingerprint density at radius 2 is 1.69 bits per heavy atom. The number of hydrogen-bond donors (Lipinski definition) is 1. The van der Waals surface area contributed by atoms with E-state index >= 15 is 0 Å². The third-order valence-electron chi connectivity index (χ3n) is 4.23. The van der Waals surface area contributed by atoms with Crippen LogP contribution in [0.5, 0.6) is 0 Å². The lowest BCUT2D eigenvalue weighted by Gasteiger charge is -2.26. The number of halogens is 2. The number of amides is 1. The van der Waals surface area contributed by atoms with Gasteiger partial charge in [0.15, 0.2) is 0 Å². The number of rotatable bonds is 4. The van der Waals surface area contributed by atoms with Crippen LogP contribution in [0.25, 0.3) is 0 Å². The lowest BCUT2D eigenvalue weighted by atomic mass is 10.2. The molecule has 0 radical (unpaired) electrons. The SMILES string of the molecule is O=C(Nc1ccc(I)cc1)c1ccc(Cl)c(S(=O)(=O)N2CCCCC2)c1. The van der Waals surface area contributed by atoms with Crippen molar-refractivity contribution < 1.29 is 13.2 Å². The number of carbonyl (C=O) groups excluding carboxylic acids is 1. The van der Waals surface area contributed by atoms with Crippen molar-refractivity contribution in [1.29, 1.82) is 0 Å². The summed E-state index contributed by atoms with van der Waals surface area (Å²) in [4.78, 5) is 12.5. The molecule has 0 aromatic heterocycles. The zero-order chi connectivity index (χ0) is 18.7. The van der Waals surface area contributed by atoms with Crippen LogP contribution in [0.3, 0.4) is 0 Å². The highest BCUT2D eigenvalue weighted by Crippen LogP contribution is 2.28. The van der Waals surface area contributed by atoms with Crippen LogP contribution < -0.4 is 5.32 Å². The fourth-order valence-electron chi connectivity index (χ4n) is 2.82. The summed E-state index contributed by atoms with van der Waals surface area (Å²) in [5.74, 6) is -0.377. The number of anilines is 1. The zero-order valence-corrected chi connectivity index (χ0v) is 17.6. The Morgan fingerprint density at radius 1 is 1.04 bits per heavy atom. The van der Waals surface area contributed by atoms with E-state index in [4.69, 9.17) is 11.6 Å². The molecule has 2 aromatic rings. The molecule has 8 heteroatoms. The van der Waals surface area contributed by atoms with Gasteiger partial charge in [0.25, 0.3) is 5.91 Å². The van der Waals surface area contributed by atoms with Gasteiger partial charge < -0.3 is 5.32 Å². The van der Waals surface area contributed by atoms with E-state index in [1.165, 1.54) is 22.5 Å². The first-order valence-corrected chi connectivity index (χ1v) is 11.1. The highest BCUT2D eigenvalue weighted by atomic mass is 127. The molecule has 1 amide bonds. The maximum atomic E-state index is 12.9. The van der Waals surface area contributed by atoms with Gasteiger partial charge in [0.2, 0.25) is 10.0 Å². The van der Waals surface area contributed by atoms with Crippen molar-refractivity contribution in [2.24, 2.45) is 0 Å². The highest BCUT2D eigenvalue weighted by Gasteiger charge is 2.28. The number of carbonyl (C=O) groups is 1. The number of nitrogens with zero attached hydrogens (tertiary/aromatic N) is 1. The van der Waals surface area contributed by atoms with Gasteiger partial charge in [0.05, 0.1) is 5.02 Å². The van der Waals surface area contributed by atoms with Gasteiger partial charge in [-0.15, -0.1) is 0 Å². The molecule has 3 rings (SSSR count). The number of piperidine rings is 1. The van der Waals surface area contributed by atoms with Crippen LogP contribution in [-0.2, 0) is 10.0 Å². The van der Waals surface area contributed by atoms with Crippen LogP contribution in [0.4, 0.5) is 5.69 Å². The van der Waals surface area contributed by atoms with Crippen LogP contribution in [0.1, 0.15) is 29.6 Å². The minimum atomic E-state index is -3.71. The molecule has 0 saturated carbocycles. The minimum Gasteiger partial charge on any atom is -0.322 e. The van der Waals surface area contributed by atoms with E-state index in [0.29, 0.717) is 18.8 Å². The van der Waals surface area contributed by atoms with Crippen molar-refractivity contribution in [2.45, 2.75) is 24.2 Å². The summed E-state index contributed by atoms with van der Waals surface area (Å²) < 4.78 is 28.3. The second-order valence-electron chi connectivity index (χ2n) is 6.07. The molecule has 1 aliphatic heterocycles. The molecule has 2 aromatic carbocycles. The molecule has 1 aliphatic rings. The molecule has 1 fully saturated rings. The molecule has 0 atom stereocenters. The van der Waals surface area contributed by atoms with Gasteiger partial charge in [-0.25, -0.2) is 8.42 Å². The van der Waals surface area contributed by atoms with E-state index in [-0.39, 0.29) is 21.4 Å². The Labute approximate surface area is 171 Å². The van der Waals surface area contributed by atoms with Crippen molar-refractivity contribution in [3.8, 4) is 0 Å². The van der Waals surface area contributed by atoms with E-state index < -0.39 is 10.0 Å². The molecule has 138 valence electrons. The normalized spacial score (nSPS) is 15.6. The molecule has 0 aliphatic carbocycles. The average molecular weight is 505 g/mol. The number of nitrogens with one attached hydrogen (secondary N) is 1. The van der Waals surface area contributed by atoms with Gasteiger partial charge in [0.1, 0.15) is 4.90 Å². The molecular formula is C18H18ClIN2O3S. The summed E-state index contributed by atoms with van der Waals surface area (Å²) in [5, 5.41) is 2.90. The number of benzene rings is 2. The van der Waals surface area contributed by atoms with Crippen molar-refractivity contribution >= 4 is 55.8 Å². The second kappa shape index (κ2) is 8.24. The average Bonchev–Trinajstić information content (AvgIpc) is 2.64. The van der Waals surface area contributed by atoms with E-state index in [0.717, 1.165) is 22.8 Å². The summed E-state index contributed by atoms with van der Waals surface area (Å²) in [5.41, 5.74) is 0.898. The smallest absolute Gasteiger partial charge is 0.255 e. The largest absolute Gasteiger partial charge is 0.322 e. The molecular weight excluding hydrogens is 487 g/mol. The predicted molar refractivity (Wildman–Crippen MR) is 111 cm³/mol. The number of sulfonamides is 1. The van der Waals surface area contributed by atoms with Gasteiger partial charge in [-0.2, -0.15) is 4.31 Å². The highest BCUT2D eigenvalue weighted by molar-refractivity contribution is 14.1. The maximum Gasteiger partial charge on any atom is 0.255 e. The van der Waals surface area contributed by atoms with Crippen LogP contribution in [0.15, 0.2) is 47.4 Å². The molecule has 0 bridgehead atoms. The van der Waals surface area contributed by atoms with E-state index in [9.17, 15) is 13.2 Å². The van der Waals surface area contributed by atoms with Gasteiger partial charge in [0, 0.05) is 27.9 Å². The Morgan fingerprint density at radius 3 is 2.35 bits per heavy atom. The predicted octanol–water partition coefficient (Wildman–Crippen LogP) is 4.37. The van der Waals surface area contributed by atoms with Crippen molar-refractivity contribution in [1.82, 2.24) is 4.31 Å². The van der Waals surface area contributed by atoms with Gasteiger partial charge >= 0.3 is 0 Å².